The monoisotopic (exact) mass is 573 g/mol. The highest BCUT2D eigenvalue weighted by Gasteiger charge is 2.20. The molecule has 0 unspecified atom stereocenters. The molecule has 2 heterocycles. The molecule has 42 heavy (non-hydrogen) atoms. The average Bonchev–Trinajstić information content (AvgIpc) is 2.96. The van der Waals surface area contributed by atoms with Gasteiger partial charge in [-0.2, -0.15) is 5.48 Å². The van der Waals surface area contributed by atoms with E-state index >= 15 is 0 Å². The van der Waals surface area contributed by atoms with Crippen molar-refractivity contribution in [3.8, 4) is 5.75 Å². The average molecular weight is 574 g/mol. The summed E-state index contributed by atoms with van der Waals surface area (Å²) in [5.41, 5.74) is 18.7. The molecule has 4 bridgehead atoms. The number of nitrogens with two attached hydrogens (primary N) is 2. The maximum absolute atomic E-state index is 12.3. The predicted octanol–water partition coefficient (Wildman–Crippen LogP) is 3.48. The second-order valence-electron chi connectivity index (χ2n) is 9.66. The lowest BCUT2D eigenvalue weighted by molar-refractivity contribution is -0.150. The molecular formula is C30H31N5O7. The zero-order valence-electron chi connectivity index (χ0n) is 23.1. The minimum absolute atomic E-state index is 0.0753. The van der Waals surface area contributed by atoms with Crippen molar-refractivity contribution in [3.63, 3.8) is 0 Å². The number of esters is 1. The molecule has 0 amide bonds. The van der Waals surface area contributed by atoms with Crippen LogP contribution in [0.5, 0.6) is 5.75 Å². The molecule has 0 spiro atoms. The van der Waals surface area contributed by atoms with Crippen molar-refractivity contribution in [3.05, 3.63) is 76.9 Å². The van der Waals surface area contributed by atoms with Crippen LogP contribution in [0.15, 0.2) is 70.4 Å². The number of hydrogen-bond acceptors (Lipinski definition) is 12. The Morgan fingerprint density at radius 1 is 1.05 bits per heavy atom. The van der Waals surface area contributed by atoms with Gasteiger partial charge in [0.2, 0.25) is 11.6 Å². The molecular weight excluding hydrogens is 542 g/mol. The van der Waals surface area contributed by atoms with E-state index in [2.05, 4.69) is 22.3 Å². The summed E-state index contributed by atoms with van der Waals surface area (Å²) < 4.78 is 11.3. The molecule has 0 fully saturated rings. The number of benzene rings is 2. The maximum atomic E-state index is 12.3. The zero-order chi connectivity index (χ0) is 30.2. The van der Waals surface area contributed by atoms with Crippen LogP contribution in [0.1, 0.15) is 30.0 Å². The van der Waals surface area contributed by atoms with E-state index in [1.54, 1.807) is 37.3 Å². The van der Waals surface area contributed by atoms with Crippen molar-refractivity contribution in [2.75, 3.05) is 31.2 Å². The number of allylic oxidation sites excluding steroid dienone is 3. The van der Waals surface area contributed by atoms with Crippen LogP contribution in [-0.2, 0) is 48.0 Å². The molecule has 2 aliphatic heterocycles. The predicted molar refractivity (Wildman–Crippen MR) is 154 cm³/mol. The number of nitrogens with one attached hydrogen (secondary N) is 1. The minimum atomic E-state index is -0.580. The number of anilines is 2. The summed E-state index contributed by atoms with van der Waals surface area (Å²) in [6, 6.07) is 6.75. The topological polar surface area (TPSA) is 185 Å². The Morgan fingerprint density at radius 2 is 1.83 bits per heavy atom. The number of ketones is 2. The first-order valence-electron chi connectivity index (χ1n) is 13.2. The summed E-state index contributed by atoms with van der Waals surface area (Å²) in [6.45, 7) is 5.59. The quantitative estimate of drug-likeness (QED) is 0.139. The van der Waals surface area contributed by atoms with Crippen LogP contribution in [0.3, 0.4) is 0 Å². The summed E-state index contributed by atoms with van der Waals surface area (Å²) in [5, 5.41) is 8.70. The van der Waals surface area contributed by atoms with E-state index in [4.69, 9.17) is 25.8 Å². The fraction of sp³-hybridized carbons (Fsp3) is 0.267. The van der Waals surface area contributed by atoms with Gasteiger partial charge in [-0.3, -0.25) is 14.4 Å². The first kappa shape index (κ1) is 29.9. The van der Waals surface area contributed by atoms with Crippen LogP contribution in [0, 0.1) is 0 Å². The number of nitrogen functional groups attached to an aromatic ring is 2. The Morgan fingerprint density at radius 3 is 2.62 bits per heavy atom. The van der Waals surface area contributed by atoms with Gasteiger partial charge in [0.05, 0.1) is 31.0 Å². The van der Waals surface area contributed by atoms with Crippen molar-refractivity contribution in [2.45, 2.75) is 32.6 Å². The van der Waals surface area contributed by atoms with E-state index in [1.165, 1.54) is 12.2 Å². The Balaban J connectivity index is 1.68. The third-order valence-corrected chi connectivity index (χ3v) is 6.56. The normalized spacial score (nSPS) is 15.7. The van der Waals surface area contributed by atoms with Crippen molar-refractivity contribution in [2.24, 2.45) is 10.2 Å². The summed E-state index contributed by atoms with van der Waals surface area (Å²) in [4.78, 5) is 53.4. The highest BCUT2D eigenvalue weighted by Crippen LogP contribution is 2.37. The van der Waals surface area contributed by atoms with E-state index in [0.29, 0.717) is 41.1 Å². The lowest BCUT2D eigenvalue weighted by atomic mass is 9.99. The molecule has 1 aliphatic carbocycles. The SMILES string of the molecule is C=C(C)C(=O)OCCc1cc(OCCC2=CC=CC(=O)C2=O)c2cc1CCNOC(=O)Cc1ccc(c(N)c1N)/N=N\2. The highest BCUT2D eigenvalue weighted by atomic mass is 16.7. The van der Waals surface area contributed by atoms with Crippen LogP contribution in [0.4, 0.5) is 22.7 Å². The third kappa shape index (κ3) is 7.34. The molecule has 218 valence electrons. The fourth-order valence-corrected chi connectivity index (χ4v) is 4.25. The number of azo groups is 1. The second-order valence-corrected chi connectivity index (χ2v) is 9.66. The van der Waals surface area contributed by atoms with Gasteiger partial charge in [-0.25, -0.2) is 4.79 Å². The number of nitrogens with zero attached hydrogens (tertiary/aromatic N) is 2. The molecule has 12 nitrogen and oxygen atoms in total. The summed E-state index contributed by atoms with van der Waals surface area (Å²) in [5.74, 6) is -1.84. The maximum Gasteiger partial charge on any atom is 0.333 e. The number of ether oxygens (including phenoxy) is 2. The Kier molecular flexibility index (Phi) is 9.61. The van der Waals surface area contributed by atoms with Crippen LogP contribution < -0.4 is 21.7 Å². The van der Waals surface area contributed by atoms with E-state index in [1.807, 2.05) is 0 Å². The van der Waals surface area contributed by atoms with Gasteiger partial charge in [0, 0.05) is 30.5 Å². The number of fused-ring (bicyclic) bond motifs is 7. The van der Waals surface area contributed by atoms with Gasteiger partial charge >= 0.3 is 11.9 Å². The largest absolute Gasteiger partial charge is 0.491 e. The third-order valence-electron chi connectivity index (χ3n) is 6.56. The van der Waals surface area contributed by atoms with Gasteiger partial charge in [-0.1, -0.05) is 24.8 Å². The molecule has 5 N–H and O–H groups in total. The lowest BCUT2D eigenvalue weighted by Gasteiger charge is -2.16. The van der Waals surface area contributed by atoms with Gasteiger partial charge in [0.15, 0.2) is 0 Å². The van der Waals surface area contributed by atoms with Crippen molar-refractivity contribution in [1.29, 1.82) is 0 Å². The van der Waals surface area contributed by atoms with E-state index in [-0.39, 0.29) is 49.5 Å². The number of rotatable bonds is 8. The van der Waals surface area contributed by atoms with Gasteiger partial charge in [0.25, 0.3) is 0 Å². The highest BCUT2D eigenvalue weighted by molar-refractivity contribution is 6.48. The van der Waals surface area contributed by atoms with Gasteiger partial charge in [-0.05, 0) is 54.3 Å². The van der Waals surface area contributed by atoms with Crippen LogP contribution >= 0.6 is 0 Å². The molecule has 0 aromatic heterocycles. The fourth-order valence-electron chi connectivity index (χ4n) is 4.25. The number of hydrogen-bond donors (Lipinski definition) is 3. The van der Waals surface area contributed by atoms with Crippen LogP contribution in [0.2, 0.25) is 0 Å². The van der Waals surface area contributed by atoms with Crippen LogP contribution in [-0.4, -0.2) is 43.3 Å². The molecule has 12 heteroatoms. The van der Waals surface area contributed by atoms with Gasteiger partial charge in [-0.15, -0.1) is 10.2 Å². The van der Waals surface area contributed by atoms with Crippen LogP contribution in [0.25, 0.3) is 0 Å². The molecule has 0 saturated carbocycles. The van der Waals surface area contributed by atoms with Gasteiger partial charge < -0.3 is 25.8 Å². The Labute approximate surface area is 242 Å². The van der Waals surface area contributed by atoms with Crippen molar-refractivity contribution in [1.82, 2.24) is 5.48 Å². The van der Waals surface area contributed by atoms with E-state index < -0.39 is 23.5 Å². The summed E-state index contributed by atoms with van der Waals surface area (Å²) in [7, 11) is 0. The van der Waals surface area contributed by atoms with Crippen molar-refractivity contribution < 1.29 is 33.5 Å². The number of carbonyl (C=O) groups is 4. The molecule has 5 rings (SSSR count). The summed E-state index contributed by atoms with van der Waals surface area (Å²) >= 11 is 0. The number of hydroxylamine groups is 1. The smallest absolute Gasteiger partial charge is 0.333 e. The molecule has 0 atom stereocenters. The second kappa shape index (κ2) is 13.5. The van der Waals surface area contributed by atoms with Gasteiger partial charge in [0.1, 0.15) is 17.1 Å². The zero-order valence-corrected chi connectivity index (χ0v) is 23.1. The standard InChI is InChI=1S/C30H31N5O7/c1-17(2)30(39)41-13-10-20-15-25(40-12-9-18-4-3-5-24(36)29(18)38)23-14-19(20)8-11-33-42-26(37)16-21-6-7-22(34-35-23)28(32)27(21)31/h3-7,14-15,33H,1,8-13,16,31-32H2,2H3/b35-34-. The van der Waals surface area contributed by atoms with E-state index in [9.17, 15) is 19.2 Å². The Bertz CT molecular complexity index is 1540. The molecule has 2 aromatic carbocycles. The molecule has 2 aromatic rings. The lowest BCUT2D eigenvalue weighted by Crippen LogP contribution is -2.24. The molecule has 0 radical (unpaired) electrons. The first-order valence-corrected chi connectivity index (χ1v) is 13.2. The van der Waals surface area contributed by atoms with Crippen molar-refractivity contribution >= 4 is 46.3 Å². The minimum Gasteiger partial charge on any atom is -0.491 e. The first-order chi connectivity index (χ1) is 20.1. The van der Waals surface area contributed by atoms with E-state index in [0.717, 1.165) is 11.1 Å². The number of carbonyl (C=O) groups excluding carboxylic acids is 4. The number of Topliss-reactive ketones (excluding diaryl/α,β-unsaturated/α-hetero) is 1. The Hall–Kier alpha value is -5.10. The summed E-state index contributed by atoms with van der Waals surface area (Å²) in [6.07, 6.45) is 5.20. The molecule has 0 saturated heterocycles. The molecule has 3 aliphatic rings.